The highest BCUT2D eigenvalue weighted by Gasteiger charge is 2.49. The van der Waals surface area contributed by atoms with Crippen LogP contribution in [0.4, 0.5) is 0 Å². The van der Waals surface area contributed by atoms with Gasteiger partial charge in [-0.3, -0.25) is 9.59 Å². The van der Waals surface area contributed by atoms with Crippen LogP contribution in [0.3, 0.4) is 0 Å². The smallest absolute Gasteiger partial charge is 0.225 e. The van der Waals surface area contributed by atoms with E-state index in [0.717, 1.165) is 32.1 Å². The molecule has 20 heavy (non-hydrogen) atoms. The SMILES string of the molecule is NC(=O)C1CCCC(NC(=O)C2C3CCC(C3)C2N)C1. The molecule has 5 nitrogen and oxygen atoms in total. The normalized spacial score (nSPS) is 43.5. The molecule has 112 valence electrons. The Kier molecular flexibility index (Phi) is 3.71. The van der Waals surface area contributed by atoms with Gasteiger partial charge in [-0.25, -0.2) is 0 Å². The predicted octanol–water partition coefficient (Wildman–Crippen LogP) is 0.520. The number of amides is 2. The van der Waals surface area contributed by atoms with Crippen molar-refractivity contribution in [3.05, 3.63) is 0 Å². The van der Waals surface area contributed by atoms with Crippen molar-refractivity contribution in [2.24, 2.45) is 35.1 Å². The van der Waals surface area contributed by atoms with Crippen LogP contribution in [0, 0.1) is 23.7 Å². The van der Waals surface area contributed by atoms with Crippen LogP contribution in [0.15, 0.2) is 0 Å². The van der Waals surface area contributed by atoms with Crippen LogP contribution in [-0.2, 0) is 9.59 Å². The molecule has 0 aromatic carbocycles. The molecule has 0 radical (unpaired) electrons. The third-order valence-electron chi connectivity index (χ3n) is 5.71. The fourth-order valence-corrected chi connectivity index (χ4v) is 4.60. The Morgan fingerprint density at radius 2 is 1.75 bits per heavy atom. The molecule has 0 saturated heterocycles. The Hall–Kier alpha value is -1.10. The summed E-state index contributed by atoms with van der Waals surface area (Å²) < 4.78 is 0. The molecule has 0 aliphatic heterocycles. The minimum absolute atomic E-state index is 0.0114. The molecule has 3 aliphatic carbocycles. The Morgan fingerprint density at radius 1 is 1.00 bits per heavy atom. The first-order chi connectivity index (χ1) is 9.56. The molecule has 3 saturated carbocycles. The van der Waals surface area contributed by atoms with Gasteiger partial charge in [0.05, 0.1) is 5.92 Å². The average Bonchev–Trinajstić information content (AvgIpc) is 2.99. The highest BCUT2D eigenvalue weighted by molar-refractivity contribution is 5.81. The fraction of sp³-hybridized carbons (Fsp3) is 0.867. The topological polar surface area (TPSA) is 98.2 Å². The number of fused-ring (bicyclic) bond motifs is 2. The summed E-state index contributed by atoms with van der Waals surface area (Å²) in [5.41, 5.74) is 11.6. The lowest BCUT2D eigenvalue weighted by molar-refractivity contribution is -0.129. The molecule has 2 amide bonds. The molecule has 2 bridgehead atoms. The fourth-order valence-electron chi connectivity index (χ4n) is 4.60. The van der Waals surface area contributed by atoms with Crippen molar-refractivity contribution in [1.29, 1.82) is 0 Å². The number of carbonyl (C=O) groups is 2. The van der Waals surface area contributed by atoms with Crippen molar-refractivity contribution < 1.29 is 9.59 Å². The first-order valence-electron chi connectivity index (χ1n) is 7.91. The molecule has 5 heteroatoms. The van der Waals surface area contributed by atoms with Gasteiger partial charge in [0.2, 0.25) is 11.8 Å². The monoisotopic (exact) mass is 279 g/mol. The van der Waals surface area contributed by atoms with E-state index in [1.807, 2.05) is 0 Å². The summed E-state index contributed by atoms with van der Waals surface area (Å²) in [6, 6.07) is 0.129. The van der Waals surface area contributed by atoms with Crippen molar-refractivity contribution in [2.75, 3.05) is 0 Å². The molecule has 0 aromatic rings. The van der Waals surface area contributed by atoms with Gasteiger partial charge in [-0.2, -0.15) is 0 Å². The van der Waals surface area contributed by atoms with Crippen LogP contribution in [0.25, 0.3) is 0 Å². The van der Waals surface area contributed by atoms with E-state index >= 15 is 0 Å². The zero-order valence-electron chi connectivity index (χ0n) is 11.9. The Morgan fingerprint density at radius 3 is 2.40 bits per heavy atom. The van der Waals surface area contributed by atoms with Gasteiger partial charge in [0.1, 0.15) is 0 Å². The van der Waals surface area contributed by atoms with E-state index < -0.39 is 0 Å². The van der Waals surface area contributed by atoms with Gasteiger partial charge in [0.15, 0.2) is 0 Å². The van der Waals surface area contributed by atoms with Gasteiger partial charge in [-0.1, -0.05) is 6.42 Å². The molecule has 3 fully saturated rings. The van der Waals surface area contributed by atoms with E-state index in [-0.39, 0.29) is 35.7 Å². The molecule has 0 aromatic heterocycles. The van der Waals surface area contributed by atoms with E-state index in [1.54, 1.807) is 0 Å². The number of carbonyl (C=O) groups excluding carboxylic acids is 2. The summed E-state index contributed by atoms with van der Waals surface area (Å²) >= 11 is 0. The second kappa shape index (κ2) is 5.35. The molecular formula is C15H25N3O2. The molecule has 6 atom stereocenters. The van der Waals surface area contributed by atoms with Crippen molar-refractivity contribution in [2.45, 2.75) is 57.0 Å². The maximum absolute atomic E-state index is 12.5. The summed E-state index contributed by atoms with van der Waals surface area (Å²) in [6.45, 7) is 0. The molecule has 3 aliphatic rings. The largest absolute Gasteiger partial charge is 0.369 e. The maximum Gasteiger partial charge on any atom is 0.225 e. The maximum atomic E-state index is 12.5. The highest BCUT2D eigenvalue weighted by atomic mass is 16.2. The van der Waals surface area contributed by atoms with Gasteiger partial charge in [-0.15, -0.1) is 0 Å². The summed E-state index contributed by atoms with van der Waals surface area (Å²) in [7, 11) is 0. The number of hydrogen-bond donors (Lipinski definition) is 3. The van der Waals surface area contributed by atoms with Gasteiger partial charge in [0.25, 0.3) is 0 Å². The first kappa shape index (κ1) is 13.9. The van der Waals surface area contributed by atoms with Gasteiger partial charge in [-0.05, 0) is 50.4 Å². The number of hydrogen-bond acceptors (Lipinski definition) is 3. The number of nitrogens with two attached hydrogens (primary N) is 2. The number of rotatable bonds is 3. The summed E-state index contributed by atoms with van der Waals surface area (Å²) in [5, 5.41) is 3.13. The summed E-state index contributed by atoms with van der Waals surface area (Å²) in [5.74, 6) is 0.803. The van der Waals surface area contributed by atoms with Gasteiger partial charge >= 0.3 is 0 Å². The highest BCUT2D eigenvalue weighted by Crippen LogP contribution is 2.47. The minimum atomic E-state index is -0.236. The molecule has 3 rings (SSSR count). The molecular weight excluding hydrogens is 254 g/mol. The van der Waals surface area contributed by atoms with Gasteiger partial charge in [0, 0.05) is 18.0 Å². The lowest BCUT2D eigenvalue weighted by Gasteiger charge is -2.32. The molecule has 5 N–H and O–H groups in total. The second-order valence-electron chi connectivity index (χ2n) is 6.91. The van der Waals surface area contributed by atoms with Gasteiger partial charge < -0.3 is 16.8 Å². The Bertz CT molecular complexity index is 410. The van der Waals surface area contributed by atoms with Crippen molar-refractivity contribution in [3.63, 3.8) is 0 Å². The molecule has 6 unspecified atom stereocenters. The van der Waals surface area contributed by atoms with Crippen LogP contribution >= 0.6 is 0 Å². The minimum Gasteiger partial charge on any atom is -0.369 e. The van der Waals surface area contributed by atoms with E-state index in [2.05, 4.69) is 5.32 Å². The Labute approximate surface area is 119 Å². The lowest BCUT2D eigenvalue weighted by Crippen LogP contribution is -2.49. The van der Waals surface area contributed by atoms with Crippen LogP contribution in [-0.4, -0.2) is 23.9 Å². The first-order valence-corrected chi connectivity index (χ1v) is 7.91. The summed E-state index contributed by atoms with van der Waals surface area (Å²) in [6.07, 6.45) is 6.90. The third-order valence-corrected chi connectivity index (χ3v) is 5.71. The molecule has 0 heterocycles. The number of primary amides is 1. The molecule has 0 spiro atoms. The third kappa shape index (κ3) is 2.43. The quantitative estimate of drug-likeness (QED) is 0.702. The van der Waals surface area contributed by atoms with E-state index in [4.69, 9.17) is 11.5 Å². The van der Waals surface area contributed by atoms with Crippen molar-refractivity contribution >= 4 is 11.8 Å². The van der Waals surface area contributed by atoms with Crippen molar-refractivity contribution in [3.8, 4) is 0 Å². The van der Waals surface area contributed by atoms with E-state index in [9.17, 15) is 9.59 Å². The van der Waals surface area contributed by atoms with Crippen LogP contribution in [0.5, 0.6) is 0 Å². The lowest BCUT2D eigenvalue weighted by atomic mass is 9.82. The zero-order valence-corrected chi connectivity index (χ0v) is 11.9. The average molecular weight is 279 g/mol. The summed E-state index contributed by atoms with van der Waals surface area (Å²) in [4.78, 5) is 23.8. The van der Waals surface area contributed by atoms with Crippen LogP contribution in [0.1, 0.15) is 44.9 Å². The van der Waals surface area contributed by atoms with Crippen LogP contribution in [0.2, 0.25) is 0 Å². The van der Waals surface area contributed by atoms with E-state index in [1.165, 1.54) is 6.42 Å². The second-order valence-corrected chi connectivity index (χ2v) is 6.91. The standard InChI is InChI=1S/C15H25N3O2/c16-13-9-5-4-8(6-9)12(13)15(20)18-11-3-1-2-10(7-11)14(17)19/h8-13H,1-7,16H2,(H2,17,19)(H,18,20). The Balaban J connectivity index is 1.57. The number of nitrogens with one attached hydrogen (secondary N) is 1. The van der Waals surface area contributed by atoms with Crippen LogP contribution < -0.4 is 16.8 Å². The van der Waals surface area contributed by atoms with E-state index in [0.29, 0.717) is 18.3 Å². The predicted molar refractivity (Wildman–Crippen MR) is 75.4 cm³/mol. The zero-order chi connectivity index (χ0) is 14.3. The van der Waals surface area contributed by atoms with Crippen molar-refractivity contribution in [1.82, 2.24) is 5.32 Å².